The molecular weight excluding hydrogens is 314 g/mol. The molecule has 25 heavy (non-hydrogen) atoms. The van der Waals surface area contributed by atoms with Crippen molar-refractivity contribution < 1.29 is 4.79 Å². The average molecular weight is 341 g/mol. The Hall–Kier alpha value is -2.08. The highest BCUT2D eigenvalue weighted by molar-refractivity contribution is 5.78. The number of amides is 1. The van der Waals surface area contributed by atoms with E-state index in [0.717, 1.165) is 62.0 Å². The molecule has 0 radical (unpaired) electrons. The maximum atomic E-state index is 12.4. The number of nitrogens with zero attached hydrogens (tertiary/aromatic N) is 4. The van der Waals surface area contributed by atoms with E-state index in [4.69, 9.17) is 4.98 Å². The molecule has 1 aromatic heterocycles. The number of aromatic nitrogens is 2. The summed E-state index contributed by atoms with van der Waals surface area (Å²) < 4.78 is 0. The van der Waals surface area contributed by atoms with Crippen molar-refractivity contribution in [3.63, 3.8) is 0 Å². The Bertz CT molecular complexity index is 705. The molecule has 0 atom stereocenters. The van der Waals surface area contributed by atoms with Crippen LogP contribution in [-0.2, 0) is 4.79 Å². The first-order chi connectivity index (χ1) is 12.2. The van der Waals surface area contributed by atoms with Crippen LogP contribution >= 0.6 is 0 Å². The number of benzene rings is 1. The number of fused-ring (bicyclic) bond motifs is 1. The summed E-state index contributed by atoms with van der Waals surface area (Å²) in [5.41, 5.74) is 2.09. The predicted molar refractivity (Wildman–Crippen MR) is 99.7 cm³/mol. The molecule has 2 fully saturated rings. The maximum absolute atomic E-state index is 12.4. The van der Waals surface area contributed by atoms with Gasteiger partial charge in [-0.05, 0) is 37.3 Å². The highest BCUT2D eigenvalue weighted by atomic mass is 16.2. The zero-order chi connectivity index (χ0) is 17.2. The second-order valence-electron chi connectivity index (χ2n) is 7.41. The smallest absolute Gasteiger partial charge is 0.236 e. The van der Waals surface area contributed by atoms with E-state index in [1.165, 1.54) is 12.8 Å². The fraction of sp³-hybridized carbons (Fsp3) is 0.579. The molecule has 1 saturated carbocycles. The molecule has 1 amide bonds. The number of aromatic amines is 1. The van der Waals surface area contributed by atoms with E-state index in [1.807, 2.05) is 30.1 Å². The minimum Gasteiger partial charge on any atom is -0.344 e. The molecule has 0 spiro atoms. The van der Waals surface area contributed by atoms with E-state index >= 15 is 0 Å². The topological polar surface area (TPSA) is 55.5 Å². The van der Waals surface area contributed by atoms with E-state index in [-0.39, 0.29) is 5.91 Å². The molecule has 0 bridgehead atoms. The molecule has 134 valence electrons. The molecule has 0 unspecified atom stereocenters. The second-order valence-corrected chi connectivity index (χ2v) is 7.41. The number of anilines is 1. The molecule has 4 rings (SSSR count). The zero-order valence-corrected chi connectivity index (χ0v) is 14.9. The van der Waals surface area contributed by atoms with Crippen LogP contribution in [0.15, 0.2) is 24.3 Å². The lowest BCUT2D eigenvalue weighted by molar-refractivity contribution is -0.131. The molecule has 1 N–H and O–H groups in total. The molecule has 1 saturated heterocycles. The highest BCUT2D eigenvalue weighted by Crippen LogP contribution is 2.29. The van der Waals surface area contributed by atoms with Crippen molar-refractivity contribution >= 4 is 22.9 Å². The highest BCUT2D eigenvalue weighted by Gasteiger charge is 2.26. The summed E-state index contributed by atoms with van der Waals surface area (Å²) in [5, 5.41) is 0. The van der Waals surface area contributed by atoms with Gasteiger partial charge in [0.15, 0.2) is 0 Å². The van der Waals surface area contributed by atoms with Gasteiger partial charge in [-0.3, -0.25) is 9.69 Å². The number of para-hydroxylation sites is 2. The summed E-state index contributed by atoms with van der Waals surface area (Å²) in [4.78, 5) is 27.0. The minimum atomic E-state index is 0.254. The molecule has 1 aliphatic carbocycles. The molecule has 6 nitrogen and oxygen atoms in total. The normalized spacial score (nSPS) is 19.2. The van der Waals surface area contributed by atoms with E-state index in [2.05, 4.69) is 20.9 Å². The number of likely N-dealkylation sites (N-methyl/N-ethyl adjacent to an activating group) is 1. The van der Waals surface area contributed by atoms with Crippen LogP contribution in [-0.4, -0.2) is 72.0 Å². The van der Waals surface area contributed by atoms with E-state index in [0.29, 0.717) is 6.54 Å². The predicted octanol–water partition coefficient (Wildman–Crippen LogP) is 1.94. The Kier molecular flexibility index (Phi) is 4.61. The number of rotatable bonds is 5. The van der Waals surface area contributed by atoms with Gasteiger partial charge in [-0.2, -0.15) is 0 Å². The molecule has 2 aromatic rings. The number of carbonyl (C=O) groups is 1. The van der Waals surface area contributed by atoms with Crippen molar-refractivity contribution in [3.8, 4) is 0 Å². The minimum absolute atomic E-state index is 0.254. The van der Waals surface area contributed by atoms with Gasteiger partial charge in [0.2, 0.25) is 11.9 Å². The second kappa shape index (κ2) is 7.04. The number of H-pyrrole nitrogens is 1. The average Bonchev–Trinajstić information content (AvgIpc) is 3.36. The maximum Gasteiger partial charge on any atom is 0.236 e. The van der Waals surface area contributed by atoms with Gasteiger partial charge in [0.1, 0.15) is 0 Å². The molecule has 6 heteroatoms. The lowest BCUT2D eigenvalue weighted by atomic mass is 10.3. The van der Waals surface area contributed by atoms with Crippen molar-refractivity contribution in [3.05, 3.63) is 24.3 Å². The van der Waals surface area contributed by atoms with Crippen LogP contribution in [0.1, 0.15) is 19.3 Å². The Morgan fingerprint density at radius 3 is 2.88 bits per heavy atom. The largest absolute Gasteiger partial charge is 0.344 e. The number of hydrogen-bond acceptors (Lipinski definition) is 4. The first kappa shape index (κ1) is 16.4. The summed E-state index contributed by atoms with van der Waals surface area (Å²) in [6, 6.07) is 8.14. The number of nitrogens with one attached hydrogen (secondary N) is 1. The summed E-state index contributed by atoms with van der Waals surface area (Å²) in [6.45, 7) is 5.22. The molecular formula is C19H27N5O. The van der Waals surface area contributed by atoms with Gasteiger partial charge in [-0.15, -0.1) is 0 Å². The molecule has 1 aliphatic heterocycles. The standard InChI is InChI=1S/C19H27N5O/c1-22(13-15-7-8-15)18(25)14-23-9-4-10-24(12-11-23)19-20-16-5-2-3-6-17(16)21-19/h2-3,5-6,15H,4,7-14H2,1H3,(H,20,21). The summed E-state index contributed by atoms with van der Waals surface area (Å²) in [5.74, 6) is 1.95. The van der Waals surface area contributed by atoms with E-state index < -0.39 is 0 Å². The summed E-state index contributed by atoms with van der Waals surface area (Å²) >= 11 is 0. The van der Waals surface area contributed by atoms with Crippen molar-refractivity contribution in [2.75, 3.05) is 51.2 Å². The van der Waals surface area contributed by atoms with Gasteiger partial charge < -0.3 is 14.8 Å². The van der Waals surface area contributed by atoms with Gasteiger partial charge in [-0.25, -0.2) is 4.98 Å². The van der Waals surface area contributed by atoms with Crippen LogP contribution in [0.5, 0.6) is 0 Å². The lowest BCUT2D eigenvalue weighted by Crippen LogP contribution is -2.40. The Morgan fingerprint density at radius 2 is 2.08 bits per heavy atom. The zero-order valence-electron chi connectivity index (χ0n) is 14.9. The third kappa shape index (κ3) is 3.95. The van der Waals surface area contributed by atoms with Crippen molar-refractivity contribution in [1.82, 2.24) is 19.8 Å². The van der Waals surface area contributed by atoms with Crippen LogP contribution in [0.4, 0.5) is 5.95 Å². The van der Waals surface area contributed by atoms with Gasteiger partial charge >= 0.3 is 0 Å². The lowest BCUT2D eigenvalue weighted by Gasteiger charge is -2.24. The van der Waals surface area contributed by atoms with Crippen LogP contribution in [0.3, 0.4) is 0 Å². The summed E-state index contributed by atoms with van der Waals surface area (Å²) in [7, 11) is 1.94. The molecule has 2 heterocycles. The number of hydrogen-bond donors (Lipinski definition) is 1. The Balaban J connectivity index is 1.34. The number of imidazole rings is 1. The molecule has 1 aromatic carbocycles. The fourth-order valence-corrected chi connectivity index (χ4v) is 3.53. The van der Waals surface area contributed by atoms with Crippen LogP contribution < -0.4 is 4.90 Å². The van der Waals surface area contributed by atoms with E-state index in [9.17, 15) is 4.79 Å². The first-order valence-electron chi connectivity index (χ1n) is 9.35. The van der Waals surface area contributed by atoms with Crippen molar-refractivity contribution in [2.24, 2.45) is 5.92 Å². The monoisotopic (exact) mass is 341 g/mol. The number of carbonyl (C=O) groups excluding carboxylic acids is 1. The molecule has 2 aliphatic rings. The van der Waals surface area contributed by atoms with E-state index in [1.54, 1.807) is 0 Å². The Morgan fingerprint density at radius 1 is 1.24 bits per heavy atom. The van der Waals surface area contributed by atoms with Crippen LogP contribution in [0.2, 0.25) is 0 Å². The first-order valence-corrected chi connectivity index (χ1v) is 9.35. The van der Waals surface area contributed by atoms with Gasteiger partial charge in [0.05, 0.1) is 17.6 Å². The SMILES string of the molecule is CN(CC1CC1)C(=O)CN1CCCN(c2nc3ccccc3[nH]2)CC1. The third-order valence-corrected chi connectivity index (χ3v) is 5.28. The Labute approximate surface area is 148 Å². The van der Waals surface area contributed by atoms with Gasteiger partial charge in [0.25, 0.3) is 0 Å². The quantitative estimate of drug-likeness (QED) is 0.903. The van der Waals surface area contributed by atoms with Gasteiger partial charge in [-0.1, -0.05) is 12.1 Å². The fourth-order valence-electron chi connectivity index (χ4n) is 3.53. The van der Waals surface area contributed by atoms with Crippen molar-refractivity contribution in [1.29, 1.82) is 0 Å². The summed E-state index contributed by atoms with van der Waals surface area (Å²) in [6.07, 6.45) is 3.62. The van der Waals surface area contributed by atoms with Crippen molar-refractivity contribution in [2.45, 2.75) is 19.3 Å². The van der Waals surface area contributed by atoms with Crippen LogP contribution in [0, 0.1) is 5.92 Å². The van der Waals surface area contributed by atoms with Crippen LogP contribution in [0.25, 0.3) is 11.0 Å². The van der Waals surface area contributed by atoms with Gasteiger partial charge in [0, 0.05) is 39.8 Å². The third-order valence-electron chi connectivity index (χ3n) is 5.28.